The molecule has 0 spiro atoms. The van der Waals surface area contributed by atoms with Crippen molar-refractivity contribution in [3.05, 3.63) is 105 Å². The molecule has 0 aromatic heterocycles. The molecule has 182 valence electrons. The SMILES string of the molecule is CC1(C)CC(=O)C2=C(C1)Nc1ccccc1N([C@H]1OC(=O)c3ccccc31)[C@H]2c1ccc(Cl)c(Cl)c1. The van der Waals surface area contributed by atoms with E-state index in [0.29, 0.717) is 34.0 Å². The topological polar surface area (TPSA) is 58.6 Å². The number of esters is 1. The largest absolute Gasteiger partial charge is 0.433 e. The van der Waals surface area contributed by atoms with E-state index in [2.05, 4.69) is 19.2 Å². The Bertz CT molecular complexity index is 1460. The number of para-hydroxylation sites is 2. The van der Waals surface area contributed by atoms with Gasteiger partial charge in [-0.3, -0.25) is 4.79 Å². The van der Waals surface area contributed by atoms with E-state index < -0.39 is 12.3 Å². The molecule has 0 bridgehead atoms. The Kier molecular flexibility index (Phi) is 5.39. The number of allylic oxidation sites excluding steroid dienone is 1. The molecule has 0 radical (unpaired) electrons. The van der Waals surface area contributed by atoms with Crippen LogP contribution < -0.4 is 10.2 Å². The first kappa shape index (κ1) is 23.1. The van der Waals surface area contributed by atoms with Crippen LogP contribution in [0.4, 0.5) is 11.4 Å². The van der Waals surface area contributed by atoms with E-state index in [4.69, 9.17) is 27.9 Å². The van der Waals surface area contributed by atoms with E-state index in [0.717, 1.165) is 28.2 Å². The van der Waals surface area contributed by atoms with Gasteiger partial charge in [-0.25, -0.2) is 4.79 Å². The number of carbonyl (C=O) groups is 2. The lowest BCUT2D eigenvalue weighted by Gasteiger charge is -2.40. The molecular formula is C29H24Cl2N2O3. The molecule has 0 fully saturated rings. The number of halogens is 2. The zero-order valence-electron chi connectivity index (χ0n) is 19.8. The maximum Gasteiger partial charge on any atom is 0.340 e. The van der Waals surface area contributed by atoms with Gasteiger partial charge in [-0.1, -0.05) is 73.4 Å². The van der Waals surface area contributed by atoms with E-state index in [1.54, 1.807) is 18.2 Å². The lowest BCUT2D eigenvalue weighted by Crippen LogP contribution is -2.38. The van der Waals surface area contributed by atoms with Gasteiger partial charge in [0.15, 0.2) is 5.78 Å². The first-order valence-electron chi connectivity index (χ1n) is 11.9. The molecule has 2 atom stereocenters. The van der Waals surface area contributed by atoms with Gasteiger partial charge in [-0.2, -0.15) is 0 Å². The summed E-state index contributed by atoms with van der Waals surface area (Å²) in [5.74, 6) is -0.330. The highest BCUT2D eigenvalue weighted by atomic mass is 35.5. The number of hydrogen-bond donors (Lipinski definition) is 1. The molecule has 6 rings (SSSR count). The number of cyclic esters (lactones) is 1. The fourth-order valence-electron chi connectivity index (χ4n) is 5.61. The van der Waals surface area contributed by atoms with Gasteiger partial charge in [-0.05, 0) is 47.7 Å². The molecule has 0 saturated carbocycles. The van der Waals surface area contributed by atoms with Crippen LogP contribution in [0.1, 0.15) is 60.4 Å². The lowest BCUT2D eigenvalue weighted by atomic mass is 9.73. The average Bonchev–Trinajstić information content (AvgIpc) is 3.08. The minimum absolute atomic E-state index is 0.0558. The Labute approximate surface area is 219 Å². The van der Waals surface area contributed by atoms with Crippen molar-refractivity contribution in [1.29, 1.82) is 0 Å². The average molecular weight is 519 g/mol. The van der Waals surface area contributed by atoms with Crippen LogP contribution in [-0.4, -0.2) is 11.8 Å². The molecule has 36 heavy (non-hydrogen) atoms. The highest BCUT2D eigenvalue weighted by Crippen LogP contribution is 2.52. The van der Waals surface area contributed by atoms with Crippen molar-refractivity contribution in [2.75, 3.05) is 10.2 Å². The van der Waals surface area contributed by atoms with Gasteiger partial charge in [0.25, 0.3) is 0 Å². The zero-order chi connectivity index (χ0) is 25.2. The minimum Gasteiger partial charge on any atom is -0.433 e. The van der Waals surface area contributed by atoms with Crippen molar-refractivity contribution in [3.63, 3.8) is 0 Å². The fraction of sp³-hybridized carbons (Fsp3) is 0.241. The first-order chi connectivity index (χ1) is 17.2. The highest BCUT2D eigenvalue weighted by molar-refractivity contribution is 6.42. The summed E-state index contributed by atoms with van der Waals surface area (Å²) in [7, 11) is 0. The number of hydrogen-bond acceptors (Lipinski definition) is 5. The van der Waals surface area contributed by atoms with Crippen LogP contribution in [-0.2, 0) is 9.53 Å². The second-order valence-corrected chi connectivity index (χ2v) is 11.1. The molecule has 3 aliphatic rings. The van der Waals surface area contributed by atoms with Crippen molar-refractivity contribution in [1.82, 2.24) is 0 Å². The van der Waals surface area contributed by atoms with Gasteiger partial charge in [0.05, 0.1) is 33.0 Å². The molecule has 3 aromatic rings. The zero-order valence-corrected chi connectivity index (χ0v) is 21.4. The summed E-state index contributed by atoms with van der Waals surface area (Å²) in [5.41, 5.74) is 5.09. The molecule has 1 aliphatic carbocycles. The Morgan fingerprint density at radius 3 is 2.50 bits per heavy atom. The van der Waals surface area contributed by atoms with E-state index in [9.17, 15) is 9.59 Å². The number of carbonyl (C=O) groups excluding carboxylic acids is 2. The van der Waals surface area contributed by atoms with E-state index in [1.165, 1.54) is 0 Å². The summed E-state index contributed by atoms with van der Waals surface area (Å²) in [5, 5.41) is 4.41. The first-order valence-corrected chi connectivity index (χ1v) is 12.6. The van der Waals surface area contributed by atoms with Crippen LogP contribution >= 0.6 is 23.2 Å². The molecule has 0 saturated heterocycles. The molecule has 5 nitrogen and oxygen atoms in total. The third-order valence-electron chi connectivity index (χ3n) is 7.12. The Hall–Kier alpha value is -3.28. The number of nitrogens with one attached hydrogen (secondary N) is 1. The second-order valence-electron chi connectivity index (χ2n) is 10.3. The molecule has 3 aromatic carbocycles. The number of ketones is 1. The van der Waals surface area contributed by atoms with Gasteiger partial charge < -0.3 is 15.0 Å². The summed E-state index contributed by atoms with van der Waals surface area (Å²) in [4.78, 5) is 28.8. The summed E-state index contributed by atoms with van der Waals surface area (Å²) < 4.78 is 6.01. The molecule has 0 amide bonds. The number of Topliss-reactive ketones (excluding diaryl/α,β-unsaturated/α-hetero) is 1. The van der Waals surface area contributed by atoms with Gasteiger partial charge in [0, 0.05) is 23.3 Å². The summed E-state index contributed by atoms with van der Waals surface area (Å²) in [6.45, 7) is 4.21. The van der Waals surface area contributed by atoms with Gasteiger partial charge in [0.1, 0.15) is 0 Å². The number of ether oxygens (including phenoxy) is 1. The van der Waals surface area contributed by atoms with Crippen LogP contribution in [0.25, 0.3) is 0 Å². The monoisotopic (exact) mass is 518 g/mol. The maximum absolute atomic E-state index is 13.9. The predicted octanol–water partition coefficient (Wildman–Crippen LogP) is 7.48. The third-order valence-corrected chi connectivity index (χ3v) is 7.86. The van der Waals surface area contributed by atoms with Crippen LogP contribution in [0.2, 0.25) is 10.0 Å². The van der Waals surface area contributed by atoms with Crippen LogP contribution in [0.15, 0.2) is 78.0 Å². The maximum atomic E-state index is 13.9. The standard InChI is InChI=1S/C29H24Cl2N2O3/c1-29(2)14-22-25(24(34)15-29)26(16-11-12-19(30)20(31)13-16)33(23-10-6-5-9-21(23)32-22)27-17-7-3-4-8-18(17)28(35)36-27/h3-13,26-27,32H,14-15H2,1-2H3/t26-,27-/m0/s1. The minimum atomic E-state index is -0.731. The predicted molar refractivity (Wildman–Crippen MR) is 141 cm³/mol. The summed E-state index contributed by atoms with van der Waals surface area (Å²) in [6.07, 6.45) is 0.386. The molecule has 2 aliphatic heterocycles. The van der Waals surface area contributed by atoms with E-state index >= 15 is 0 Å². The van der Waals surface area contributed by atoms with Crippen LogP contribution in [0.3, 0.4) is 0 Å². The quantitative estimate of drug-likeness (QED) is 0.356. The number of rotatable bonds is 2. The van der Waals surface area contributed by atoms with Crippen molar-refractivity contribution < 1.29 is 14.3 Å². The molecule has 0 unspecified atom stereocenters. The van der Waals surface area contributed by atoms with Crippen molar-refractivity contribution in [2.24, 2.45) is 5.41 Å². The van der Waals surface area contributed by atoms with Gasteiger partial charge in [0.2, 0.25) is 6.23 Å². The van der Waals surface area contributed by atoms with Crippen molar-refractivity contribution >= 4 is 46.3 Å². The summed E-state index contributed by atoms with van der Waals surface area (Å²) >= 11 is 12.8. The number of nitrogens with zero attached hydrogens (tertiary/aromatic N) is 1. The van der Waals surface area contributed by atoms with Crippen molar-refractivity contribution in [2.45, 2.75) is 39.0 Å². The second kappa shape index (κ2) is 8.39. The fourth-order valence-corrected chi connectivity index (χ4v) is 5.92. The Morgan fingerprint density at radius 1 is 0.944 bits per heavy atom. The van der Waals surface area contributed by atoms with Gasteiger partial charge in [-0.15, -0.1) is 0 Å². The normalized spacial score (nSPS) is 22.3. The lowest BCUT2D eigenvalue weighted by molar-refractivity contribution is -0.118. The smallest absolute Gasteiger partial charge is 0.340 e. The Balaban J connectivity index is 1.65. The Morgan fingerprint density at radius 2 is 1.69 bits per heavy atom. The molecule has 2 heterocycles. The van der Waals surface area contributed by atoms with E-state index in [1.807, 2.05) is 53.4 Å². The highest BCUT2D eigenvalue weighted by Gasteiger charge is 2.46. The number of fused-ring (bicyclic) bond motifs is 2. The number of anilines is 2. The molecular weight excluding hydrogens is 495 g/mol. The third kappa shape index (κ3) is 3.69. The van der Waals surface area contributed by atoms with Gasteiger partial charge >= 0.3 is 5.97 Å². The number of benzene rings is 3. The van der Waals surface area contributed by atoms with Crippen LogP contribution in [0, 0.1) is 5.41 Å². The molecule has 1 N–H and O–H groups in total. The summed E-state index contributed by atoms with van der Waals surface area (Å²) in [6, 6.07) is 20.1. The molecule has 7 heteroatoms. The van der Waals surface area contributed by atoms with Crippen LogP contribution in [0.5, 0.6) is 0 Å². The van der Waals surface area contributed by atoms with E-state index in [-0.39, 0.29) is 17.2 Å². The van der Waals surface area contributed by atoms with Crippen molar-refractivity contribution in [3.8, 4) is 0 Å².